The molecule has 2 nitrogen and oxygen atoms in total. The molecule has 2 rings (SSSR count). The van der Waals surface area contributed by atoms with E-state index in [1.807, 2.05) is 30.3 Å². The van der Waals surface area contributed by atoms with Crippen molar-refractivity contribution in [2.75, 3.05) is 13.1 Å². The Bertz CT molecular complexity index is 479. The molecule has 2 heteroatoms. The number of hydrogen-bond donors (Lipinski definition) is 2. The minimum atomic E-state index is -0.989. The van der Waals surface area contributed by atoms with Crippen molar-refractivity contribution in [3.05, 3.63) is 35.9 Å². The van der Waals surface area contributed by atoms with Crippen molar-refractivity contribution < 1.29 is 5.11 Å². The molecular weight excluding hydrogens is 258 g/mol. The number of benzene rings is 1. The van der Waals surface area contributed by atoms with Gasteiger partial charge >= 0.3 is 0 Å². The fraction of sp³-hybridized carbons (Fsp3) is 0.579. The lowest BCUT2D eigenvalue weighted by molar-refractivity contribution is 0.0368. The standard InChI is InChI=1S/C19H27NO/c1-16(2)15-20-14-8-13-19(21,18-11-6-7-12-18)17-9-4-3-5-10-17/h3-5,9-10,16,18,20-21H,6-7,11-12,14-15H2,1-2H3. The Morgan fingerprint density at radius 1 is 1.24 bits per heavy atom. The second-order valence-corrected chi connectivity index (χ2v) is 6.44. The summed E-state index contributed by atoms with van der Waals surface area (Å²) in [5.41, 5.74) is -0.0506. The second-order valence-electron chi connectivity index (χ2n) is 6.44. The Kier molecular flexibility index (Phi) is 5.85. The summed E-state index contributed by atoms with van der Waals surface area (Å²) in [5.74, 6) is 7.20. The second kappa shape index (κ2) is 7.64. The third kappa shape index (κ3) is 4.33. The maximum atomic E-state index is 11.2. The van der Waals surface area contributed by atoms with Gasteiger partial charge < -0.3 is 10.4 Å². The van der Waals surface area contributed by atoms with Gasteiger partial charge in [0.15, 0.2) is 5.60 Å². The van der Waals surface area contributed by atoms with Crippen LogP contribution in [0.4, 0.5) is 0 Å². The van der Waals surface area contributed by atoms with E-state index in [1.165, 1.54) is 12.8 Å². The molecule has 0 saturated heterocycles. The van der Waals surface area contributed by atoms with Gasteiger partial charge in [-0.25, -0.2) is 0 Å². The fourth-order valence-electron chi connectivity index (χ4n) is 3.05. The summed E-state index contributed by atoms with van der Waals surface area (Å²) in [6, 6.07) is 9.93. The van der Waals surface area contributed by atoms with E-state index in [0.717, 1.165) is 24.9 Å². The van der Waals surface area contributed by atoms with Crippen LogP contribution >= 0.6 is 0 Å². The van der Waals surface area contributed by atoms with Crippen molar-refractivity contribution in [3.8, 4) is 11.8 Å². The van der Waals surface area contributed by atoms with Crippen molar-refractivity contribution in [3.63, 3.8) is 0 Å². The molecule has 1 aromatic rings. The largest absolute Gasteiger partial charge is 0.373 e. The molecule has 0 bridgehead atoms. The van der Waals surface area contributed by atoms with E-state index in [0.29, 0.717) is 12.5 Å². The molecule has 0 heterocycles. The summed E-state index contributed by atoms with van der Waals surface area (Å²) in [6.07, 6.45) is 4.54. The summed E-state index contributed by atoms with van der Waals surface area (Å²) in [7, 11) is 0. The molecule has 1 aliphatic rings. The molecule has 0 aromatic heterocycles. The van der Waals surface area contributed by atoms with Crippen molar-refractivity contribution >= 4 is 0 Å². The van der Waals surface area contributed by atoms with E-state index in [1.54, 1.807) is 0 Å². The summed E-state index contributed by atoms with van der Waals surface area (Å²) < 4.78 is 0. The van der Waals surface area contributed by atoms with Gasteiger partial charge in [-0.05, 0) is 30.9 Å². The lowest BCUT2D eigenvalue weighted by Gasteiger charge is -2.29. The highest BCUT2D eigenvalue weighted by molar-refractivity contribution is 5.33. The Hall–Kier alpha value is -1.30. The minimum Gasteiger partial charge on any atom is -0.373 e. The quantitative estimate of drug-likeness (QED) is 0.642. The lowest BCUT2D eigenvalue weighted by Crippen LogP contribution is -2.32. The van der Waals surface area contributed by atoms with Gasteiger partial charge in [0.2, 0.25) is 0 Å². The number of nitrogens with one attached hydrogen (secondary N) is 1. The van der Waals surface area contributed by atoms with E-state index in [4.69, 9.17) is 0 Å². The van der Waals surface area contributed by atoms with Crippen molar-refractivity contribution in [1.29, 1.82) is 0 Å². The van der Waals surface area contributed by atoms with Gasteiger partial charge in [0.05, 0.1) is 6.54 Å². The fourth-order valence-corrected chi connectivity index (χ4v) is 3.05. The molecule has 1 aromatic carbocycles. The van der Waals surface area contributed by atoms with Crippen LogP contribution in [0, 0.1) is 23.7 Å². The zero-order valence-electron chi connectivity index (χ0n) is 13.2. The van der Waals surface area contributed by atoms with Crippen LogP contribution in [0.1, 0.15) is 45.1 Å². The lowest BCUT2D eigenvalue weighted by atomic mass is 9.80. The Balaban J connectivity index is 2.11. The molecule has 21 heavy (non-hydrogen) atoms. The SMILES string of the molecule is CC(C)CNCC#CC(O)(c1ccccc1)C1CCCC1. The third-order valence-corrected chi connectivity index (χ3v) is 4.20. The van der Waals surface area contributed by atoms with Crippen LogP contribution in [0.5, 0.6) is 0 Å². The molecule has 0 spiro atoms. The Labute approximate surface area is 129 Å². The summed E-state index contributed by atoms with van der Waals surface area (Å²) in [6.45, 7) is 5.96. The predicted molar refractivity (Wildman–Crippen MR) is 87.8 cm³/mol. The molecule has 1 atom stereocenters. The van der Waals surface area contributed by atoms with Gasteiger partial charge in [-0.15, -0.1) is 0 Å². The first kappa shape index (κ1) is 16.1. The van der Waals surface area contributed by atoms with Gasteiger partial charge in [0.25, 0.3) is 0 Å². The highest BCUT2D eigenvalue weighted by Crippen LogP contribution is 2.40. The summed E-state index contributed by atoms with van der Waals surface area (Å²) >= 11 is 0. The summed E-state index contributed by atoms with van der Waals surface area (Å²) in [4.78, 5) is 0. The van der Waals surface area contributed by atoms with Crippen molar-refractivity contribution in [1.82, 2.24) is 5.32 Å². The van der Waals surface area contributed by atoms with E-state index < -0.39 is 5.60 Å². The van der Waals surface area contributed by atoms with Crippen LogP contribution < -0.4 is 5.32 Å². The molecule has 114 valence electrons. The van der Waals surface area contributed by atoms with Crippen LogP contribution in [-0.2, 0) is 5.60 Å². The molecular formula is C19H27NO. The van der Waals surface area contributed by atoms with Crippen LogP contribution in [0.3, 0.4) is 0 Å². The smallest absolute Gasteiger partial charge is 0.153 e. The van der Waals surface area contributed by atoms with Gasteiger partial charge in [-0.3, -0.25) is 0 Å². The van der Waals surface area contributed by atoms with E-state index >= 15 is 0 Å². The van der Waals surface area contributed by atoms with Crippen molar-refractivity contribution in [2.24, 2.45) is 11.8 Å². The molecule has 2 N–H and O–H groups in total. The van der Waals surface area contributed by atoms with Gasteiger partial charge in [-0.1, -0.05) is 68.9 Å². The molecule has 1 fully saturated rings. The van der Waals surface area contributed by atoms with Crippen LogP contribution in [0.2, 0.25) is 0 Å². The van der Waals surface area contributed by atoms with E-state index in [9.17, 15) is 5.11 Å². The van der Waals surface area contributed by atoms with Crippen LogP contribution in [0.25, 0.3) is 0 Å². The zero-order chi connectivity index (χ0) is 15.1. The first-order valence-corrected chi connectivity index (χ1v) is 8.11. The first-order valence-electron chi connectivity index (χ1n) is 8.11. The Morgan fingerprint density at radius 2 is 1.90 bits per heavy atom. The summed E-state index contributed by atoms with van der Waals surface area (Å²) in [5, 5.41) is 14.5. The molecule has 1 unspecified atom stereocenters. The maximum Gasteiger partial charge on any atom is 0.153 e. The molecule has 1 saturated carbocycles. The number of hydrogen-bond acceptors (Lipinski definition) is 2. The predicted octanol–water partition coefficient (Wildman–Crippen LogP) is 3.31. The molecule has 1 aliphatic carbocycles. The van der Waals surface area contributed by atoms with E-state index in [-0.39, 0.29) is 5.92 Å². The number of rotatable bonds is 5. The number of aliphatic hydroxyl groups is 1. The van der Waals surface area contributed by atoms with Gasteiger partial charge in [-0.2, -0.15) is 0 Å². The topological polar surface area (TPSA) is 32.3 Å². The normalized spacial score (nSPS) is 18.3. The maximum absolute atomic E-state index is 11.2. The van der Waals surface area contributed by atoms with Crippen LogP contribution in [-0.4, -0.2) is 18.2 Å². The molecule has 0 aliphatic heterocycles. The Morgan fingerprint density at radius 3 is 2.52 bits per heavy atom. The average Bonchev–Trinajstić information content (AvgIpc) is 3.02. The first-order chi connectivity index (χ1) is 10.1. The van der Waals surface area contributed by atoms with Gasteiger partial charge in [0, 0.05) is 5.92 Å². The molecule has 0 amide bonds. The van der Waals surface area contributed by atoms with Crippen LogP contribution in [0.15, 0.2) is 30.3 Å². The van der Waals surface area contributed by atoms with Crippen molar-refractivity contribution in [2.45, 2.75) is 45.1 Å². The zero-order valence-corrected chi connectivity index (χ0v) is 13.2. The highest BCUT2D eigenvalue weighted by atomic mass is 16.3. The minimum absolute atomic E-state index is 0.262. The third-order valence-electron chi connectivity index (χ3n) is 4.20. The van der Waals surface area contributed by atoms with E-state index in [2.05, 4.69) is 31.0 Å². The molecule has 0 radical (unpaired) electrons. The highest BCUT2D eigenvalue weighted by Gasteiger charge is 2.38. The monoisotopic (exact) mass is 285 g/mol. The average molecular weight is 285 g/mol. The van der Waals surface area contributed by atoms with Gasteiger partial charge in [0.1, 0.15) is 0 Å².